The molecular weight excluding hydrogens is 253 g/mol. The molecule has 0 bridgehead atoms. The highest BCUT2D eigenvalue weighted by Crippen LogP contribution is 2.30. The summed E-state index contributed by atoms with van der Waals surface area (Å²) in [5, 5.41) is 10.7. The number of hydrogen-bond donors (Lipinski definition) is 1. The lowest BCUT2D eigenvalue weighted by molar-refractivity contribution is 0.0972. The van der Waals surface area contributed by atoms with Crippen molar-refractivity contribution >= 4 is 0 Å². The van der Waals surface area contributed by atoms with Crippen molar-refractivity contribution in [3.8, 4) is 0 Å². The minimum atomic E-state index is -1.23. The van der Waals surface area contributed by atoms with Crippen molar-refractivity contribution < 1.29 is 9.50 Å². The highest BCUT2D eigenvalue weighted by molar-refractivity contribution is 5.35. The van der Waals surface area contributed by atoms with Crippen LogP contribution in [0.4, 0.5) is 4.39 Å². The molecule has 1 unspecified atom stereocenters. The molecular formula is C17H20FNO. The summed E-state index contributed by atoms with van der Waals surface area (Å²) in [5.74, 6) is -0.410. The van der Waals surface area contributed by atoms with Crippen LogP contribution < -0.4 is 0 Å². The molecule has 0 saturated carbocycles. The highest BCUT2D eigenvalue weighted by atomic mass is 19.1. The van der Waals surface area contributed by atoms with E-state index in [2.05, 4.69) is 25.8 Å². The summed E-state index contributed by atoms with van der Waals surface area (Å²) in [5.41, 5.74) is 1.21. The zero-order valence-corrected chi connectivity index (χ0v) is 12.3. The molecule has 3 heteroatoms. The van der Waals surface area contributed by atoms with Gasteiger partial charge in [-0.05, 0) is 35.6 Å². The van der Waals surface area contributed by atoms with Gasteiger partial charge in [-0.15, -0.1) is 0 Å². The Hall–Kier alpha value is -1.74. The summed E-state index contributed by atoms with van der Waals surface area (Å²) >= 11 is 0. The van der Waals surface area contributed by atoms with E-state index in [1.54, 1.807) is 6.92 Å². The first-order chi connectivity index (χ1) is 9.21. The second kappa shape index (κ2) is 4.98. The third-order valence-electron chi connectivity index (χ3n) is 3.54. The predicted octanol–water partition coefficient (Wildman–Crippen LogP) is 3.77. The number of hydrogen-bond acceptors (Lipinski definition) is 2. The SMILES string of the molecule is CC(C)(C)c1ccc(C(C)(O)c2ccc(F)cn2)cc1. The Labute approximate surface area is 119 Å². The third-order valence-corrected chi connectivity index (χ3v) is 3.54. The topological polar surface area (TPSA) is 33.1 Å². The van der Waals surface area contributed by atoms with Gasteiger partial charge in [0.05, 0.1) is 11.9 Å². The standard InChI is InChI=1S/C17H20FNO/c1-16(2,3)12-5-7-13(8-6-12)17(4,20)15-10-9-14(18)11-19-15/h5-11,20H,1-4H3. The molecule has 106 valence electrons. The fourth-order valence-corrected chi connectivity index (χ4v) is 2.11. The Morgan fingerprint density at radius 3 is 1.90 bits per heavy atom. The first-order valence-electron chi connectivity index (χ1n) is 6.67. The molecule has 2 nitrogen and oxygen atoms in total. The average molecular weight is 273 g/mol. The van der Waals surface area contributed by atoms with Crippen molar-refractivity contribution in [1.29, 1.82) is 0 Å². The van der Waals surface area contributed by atoms with E-state index in [1.165, 1.54) is 17.7 Å². The first kappa shape index (κ1) is 14.7. The van der Waals surface area contributed by atoms with Crippen molar-refractivity contribution in [2.75, 3.05) is 0 Å². The molecule has 0 saturated heterocycles. The van der Waals surface area contributed by atoms with E-state index in [0.717, 1.165) is 11.8 Å². The van der Waals surface area contributed by atoms with Gasteiger partial charge in [-0.3, -0.25) is 4.98 Å². The predicted molar refractivity (Wildman–Crippen MR) is 78.0 cm³/mol. The van der Waals surface area contributed by atoms with Crippen LogP contribution in [-0.4, -0.2) is 10.1 Å². The largest absolute Gasteiger partial charge is 0.379 e. The van der Waals surface area contributed by atoms with E-state index in [0.29, 0.717) is 5.69 Å². The summed E-state index contributed by atoms with van der Waals surface area (Å²) in [6.07, 6.45) is 1.12. The summed E-state index contributed by atoms with van der Waals surface area (Å²) in [4.78, 5) is 3.97. The minimum Gasteiger partial charge on any atom is -0.379 e. The van der Waals surface area contributed by atoms with Crippen molar-refractivity contribution in [3.63, 3.8) is 0 Å². The molecule has 0 radical (unpaired) electrons. The van der Waals surface area contributed by atoms with Gasteiger partial charge in [-0.25, -0.2) is 4.39 Å². The summed E-state index contributed by atoms with van der Waals surface area (Å²) in [6, 6.07) is 10.6. The zero-order chi connectivity index (χ0) is 15.0. The Morgan fingerprint density at radius 1 is 0.900 bits per heavy atom. The Kier molecular flexibility index (Phi) is 3.65. The van der Waals surface area contributed by atoms with Crippen LogP contribution in [0, 0.1) is 5.82 Å². The molecule has 0 fully saturated rings. The number of aromatic nitrogens is 1. The lowest BCUT2D eigenvalue weighted by Crippen LogP contribution is -2.24. The summed E-state index contributed by atoms with van der Waals surface area (Å²) in [6.45, 7) is 8.09. The van der Waals surface area contributed by atoms with Crippen LogP contribution in [0.25, 0.3) is 0 Å². The van der Waals surface area contributed by atoms with E-state index >= 15 is 0 Å². The zero-order valence-electron chi connectivity index (χ0n) is 12.3. The second-order valence-corrected chi connectivity index (χ2v) is 6.26. The molecule has 0 amide bonds. The molecule has 0 spiro atoms. The number of pyridine rings is 1. The number of aliphatic hydroxyl groups is 1. The molecule has 1 aromatic heterocycles. The quantitative estimate of drug-likeness (QED) is 0.903. The Morgan fingerprint density at radius 2 is 1.45 bits per heavy atom. The van der Waals surface area contributed by atoms with Gasteiger partial charge in [-0.2, -0.15) is 0 Å². The van der Waals surface area contributed by atoms with E-state index in [9.17, 15) is 9.50 Å². The van der Waals surface area contributed by atoms with Gasteiger partial charge in [0.1, 0.15) is 11.4 Å². The molecule has 1 N–H and O–H groups in total. The first-order valence-corrected chi connectivity index (χ1v) is 6.67. The molecule has 1 heterocycles. The maximum Gasteiger partial charge on any atom is 0.141 e. The number of rotatable bonds is 2. The number of benzene rings is 1. The van der Waals surface area contributed by atoms with E-state index < -0.39 is 11.4 Å². The van der Waals surface area contributed by atoms with Crippen LogP contribution in [-0.2, 0) is 11.0 Å². The van der Waals surface area contributed by atoms with Gasteiger partial charge in [0.2, 0.25) is 0 Å². The molecule has 1 aromatic carbocycles. The number of nitrogens with zero attached hydrogens (tertiary/aromatic N) is 1. The van der Waals surface area contributed by atoms with Gasteiger partial charge in [0.15, 0.2) is 0 Å². The van der Waals surface area contributed by atoms with Crippen molar-refractivity contribution in [1.82, 2.24) is 4.98 Å². The Bertz CT molecular complexity index is 580. The lowest BCUT2D eigenvalue weighted by Gasteiger charge is -2.25. The molecule has 0 aliphatic heterocycles. The van der Waals surface area contributed by atoms with E-state index in [-0.39, 0.29) is 5.41 Å². The van der Waals surface area contributed by atoms with Crippen molar-refractivity contribution in [3.05, 3.63) is 65.2 Å². The maximum atomic E-state index is 12.9. The smallest absolute Gasteiger partial charge is 0.141 e. The van der Waals surface area contributed by atoms with Crippen LogP contribution in [0.2, 0.25) is 0 Å². The molecule has 0 aliphatic carbocycles. The molecule has 0 aliphatic rings. The van der Waals surface area contributed by atoms with Gasteiger partial charge in [-0.1, -0.05) is 45.0 Å². The van der Waals surface area contributed by atoms with Crippen LogP contribution in [0.1, 0.15) is 44.5 Å². The Balaban J connectivity index is 2.37. The van der Waals surface area contributed by atoms with Gasteiger partial charge in [0.25, 0.3) is 0 Å². The van der Waals surface area contributed by atoms with Crippen LogP contribution in [0.15, 0.2) is 42.6 Å². The minimum absolute atomic E-state index is 0.0680. The van der Waals surface area contributed by atoms with Crippen LogP contribution in [0.5, 0.6) is 0 Å². The van der Waals surface area contributed by atoms with Crippen molar-refractivity contribution in [2.24, 2.45) is 0 Å². The van der Waals surface area contributed by atoms with E-state index in [1.807, 2.05) is 24.3 Å². The van der Waals surface area contributed by atoms with Crippen molar-refractivity contribution in [2.45, 2.75) is 38.7 Å². The normalized spacial score (nSPS) is 14.9. The summed E-state index contributed by atoms with van der Waals surface area (Å²) < 4.78 is 12.9. The molecule has 20 heavy (non-hydrogen) atoms. The molecule has 2 rings (SSSR count). The summed E-state index contributed by atoms with van der Waals surface area (Å²) in [7, 11) is 0. The third kappa shape index (κ3) is 2.88. The van der Waals surface area contributed by atoms with Gasteiger partial charge >= 0.3 is 0 Å². The van der Waals surface area contributed by atoms with Crippen LogP contribution >= 0.6 is 0 Å². The van der Waals surface area contributed by atoms with Crippen LogP contribution in [0.3, 0.4) is 0 Å². The lowest BCUT2D eigenvalue weighted by atomic mass is 9.84. The monoisotopic (exact) mass is 273 g/mol. The fraction of sp³-hybridized carbons (Fsp3) is 0.353. The second-order valence-electron chi connectivity index (χ2n) is 6.26. The van der Waals surface area contributed by atoms with Gasteiger partial charge in [0, 0.05) is 0 Å². The molecule has 2 aromatic rings. The number of halogens is 1. The van der Waals surface area contributed by atoms with E-state index in [4.69, 9.17) is 0 Å². The maximum absolute atomic E-state index is 12.9. The van der Waals surface area contributed by atoms with Gasteiger partial charge < -0.3 is 5.11 Å². The molecule has 1 atom stereocenters. The highest BCUT2D eigenvalue weighted by Gasteiger charge is 2.27. The fourth-order valence-electron chi connectivity index (χ4n) is 2.11. The average Bonchev–Trinajstić information content (AvgIpc) is 2.38.